The van der Waals surface area contributed by atoms with E-state index in [0.717, 1.165) is 31.4 Å². The van der Waals surface area contributed by atoms with E-state index in [9.17, 15) is 13.6 Å². The van der Waals surface area contributed by atoms with Gasteiger partial charge < -0.3 is 10.1 Å². The van der Waals surface area contributed by atoms with Crippen LogP contribution in [0.3, 0.4) is 0 Å². The first-order valence-electron chi connectivity index (χ1n) is 7.09. The van der Waals surface area contributed by atoms with E-state index in [1.165, 1.54) is 6.07 Å². The van der Waals surface area contributed by atoms with Crippen molar-refractivity contribution in [3.05, 3.63) is 42.0 Å². The van der Waals surface area contributed by atoms with Gasteiger partial charge in [0.1, 0.15) is 12.4 Å². The van der Waals surface area contributed by atoms with Gasteiger partial charge in [0.15, 0.2) is 11.6 Å². The number of rotatable bonds is 5. The van der Waals surface area contributed by atoms with E-state index in [-0.39, 0.29) is 30.2 Å². The minimum atomic E-state index is -0.744. The molecule has 3 nitrogen and oxygen atoms in total. The smallest absolute Gasteiger partial charge is 0.223 e. The first kappa shape index (κ1) is 15.5. The number of carbonyl (C=O) groups excluding carboxylic acids is 1. The number of amides is 1. The predicted octanol–water partition coefficient (Wildman–Crippen LogP) is 3.20. The molecule has 1 N–H and O–H groups in total. The zero-order valence-electron chi connectivity index (χ0n) is 11.9. The van der Waals surface area contributed by atoms with Crippen LogP contribution in [0.15, 0.2) is 30.4 Å². The molecule has 2 rings (SSSR count). The summed E-state index contributed by atoms with van der Waals surface area (Å²) in [5.74, 6) is -1.41. The summed E-state index contributed by atoms with van der Waals surface area (Å²) in [4.78, 5) is 12.0. The topological polar surface area (TPSA) is 38.3 Å². The fourth-order valence-corrected chi connectivity index (χ4v) is 2.24. The molecule has 114 valence electrons. The Morgan fingerprint density at radius 1 is 1.43 bits per heavy atom. The molecule has 2 unspecified atom stereocenters. The Bertz CT molecular complexity index is 531. The van der Waals surface area contributed by atoms with Crippen LogP contribution in [0.1, 0.15) is 26.2 Å². The van der Waals surface area contributed by atoms with E-state index in [1.807, 2.05) is 6.08 Å². The lowest BCUT2D eigenvalue weighted by Crippen LogP contribution is -2.40. The Labute approximate surface area is 123 Å². The second-order valence-electron chi connectivity index (χ2n) is 5.28. The summed E-state index contributed by atoms with van der Waals surface area (Å²) in [6.45, 7) is 1.93. The maximum absolute atomic E-state index is 13.4. The van der Waals surface area contributed by atoms with Crippen LogP contribution in [0.25, 0.3) is 0 Å². The molecule has 1 aromatic carbocycles. The normalized spacial score (nSPS) is 19.1. The SMILES string of the molecule is CC(COc1ccc(F)cc1F)NC(=O)C1CC=CCC1. The van der Waals surface area contributed by atoms with Crippen LogP contribution in [0.2, 0.25) is 0 Å². The summed E-state index contributed by atoms with van der Waals surface area (Å²) >= 11 is 0. The molecule has 0 heterocycles. The third kappa shape index (κ3) is 4.55. The third-order valence-electron chi connectivity index (χ3n) is 3.41. The van der Waals surface area contributed by atoms with Crippen LogP contribution < -0.4 is 10.1 Å². The summed E-state index contributed by atoms with van der Waals surface area (Å²) in [7, 11) is 0. The van der Waals surface area contributed by atoms with Crippen molar-refractivity contribution in [2.45, 2.75) is 32.2 Å². The van der Waals surface area contributed by atoms with Crippen molar-refractivity contribution in [2.24, 2.45) is 5.92 Å². The third-order valence-corrected chi connectivity index (χ3v) is 3.41. The average Bonchev–Trinajstić information content (AvgIpc) is 2.47. The van der Waals surface area contributed by atoms with Crippen molar-refractivity contribution in [2.75, 3.05) is 6.61 Å². The van der Waals surface area contributed by atoms with Gasteiger partial charge in [0.2, 0.25) is 5.91 Å². The zero-order valence-corrected chi connectivity index (χ0v) is 11.9. The fraction of sp³-hybridized carbons (Fsp3) is 0.438. The number of hydrogen-bond donors (Lipinski definition) is 1. The lowest BCUT2D eigenvalue weighted by molar-refractivity contribution is -0.126. The van der Waals surface area contributed by atoms with Crippen molar-refractivity contribution in [3.63, 3.8) is 0 Å². The number of nitrogens with one attached hydrogen (secondary N) is 1. The van der Waals surface area contributed by atoms with E-state index in [2.05, 4.69) is 11.4 Å². The number of ether oxygens (including phenoxy) is 1. The highest BCUT2D eigenvalue weighted by Gasteiger charge is 2.20. The van der Waals surface area contributed by atoms with E-state index in [4.69, 9.17) is 4.74 Å². The van der Waals surface area contributed by atoms with Crippen molar-refractivity contribution in [1.82, 2.24) is 5.32 Å². The van der Waals surface area contributed by atoms with Gasteiger partial charge in [-0.1, -0.05) is 12.2 Å². The molecule has 0 bridgehead atoms. The summed E-state index contributed by atoms with van der Waals surface area (Å²) in [6.07, 6.45) is 6.62. The highest BCUT2D eigenvalue weighted by Crippen LogP contribution is 2.19. The molecule has 1 aromatic rings. The van der Waals surface area contributed by atoms with Crippen molar-refractivity contribution >= 4 is 5.91 Å². The molecule has 0 fully saturated rings. The molecule has 5 heteroatoms. The maximum Gasteiger partial charge on any atom is 0.223 e. The standard InChI is InChI=1S/C16H19F2NO2/c1-11(19-16(20)12-5-3-2-4-6-12)10-21-15-8-7-13(17)9-14(15)18/h2-3,7-9,11-12H,4-6,10H2,1H3,(H,19,20). The van der Waals surface area contributed by atoms with Crippen LogP contribution in [0.4, 0.5) is 8.78 Å². The van der Waals surface area contributed by atoms with E-state index in [0.29, 0.717) is 0 Å². The molecule has 1 amide bonds. The Kier molecular flexibility index (Phi) is 5.31. The number of benzene rings is 1. The molecule has 1 aliphatic carbocycles. The van der Waals surface area contributed by atoms with Crippen LogP contribution in [0, 0.1) is 17.6 Å². The maximum atomic E-state index is 13.4. The summed E-state index contributed by atoms with van der Waals surface area (Å²) in [5, 5.41) is 2.86. The van der Waals surface area contributed by atoms with E-state index >= 15 is 0 Å². The monoisotopic (exact) mass is 295 g/mol. The second kappa shape index (κ2) is 7.20. The first-order chi connectivity index (χ1) is 10.1. The van der Waals surface area contributed by atoms with Gasteiger partial charge in [0.25, 0.3) is 0 Å². The minimum absolute atomic E-state index is 0.00000672. The lowest BCUT2D eigenvalue weighted by atomic mass is 9.93. The lowest BCUT2D eigenvalue weighted by Gasteiger charge is -2.21. The van der Waals surface area contributed by atoms with Gasteiger partial charge in [-0.2, -0.15) is 0 Å². The quantitative estimate of drug-likeness (QED) is 0.847. The van der Waals surface area contributed by atoms with Crippen LogP contribution in [0.5, 0.6) is 5.75 Å². The zero-order chi connectivity index (χ0) is 15.2. The molecule has 0 radical (unpaired) electrons. The molecule has 0 aliphatic heterocycles. The summed E-state index contributed by atoms with van der Waals surface area (Å²) in [6, 6.07) is 2.90. The second-order valence-corrected chi connectivity index (χ2v) is 5.28. The highest BCUT2D eigenvalue weighted by molar-refractivity contribution is 5.79. The van der Waals surface area contributed by atoms with Gasteiger partial charge in [0.05, 0.1) is 6.04 Å². The van der Waals surface area contributed by atoms with Gasteiger partial charge in [-0.15, -0.1) is 0 Å². The predicted molar refractivity (Wildman–Crippen MR) is 75.9 cm³/mol. The molecule has 2 atom stereocenters. The fourth-order valence-electron chi connectivity index (χ4n) is 2.24. The average molecular weight is 295 g/mol. The molecular formula is C16H19F2NO2. The number of halogens is 2. The van der Waals surface area contributed by atoms with Gasteiger partial charge in [-0.25, -0.2) is 8.78 Å². The molecule has 0 aromatic heterocycles. The number of carbonyl (C=O) groups is 1. The van der Waals surface area contributed by atoms with Gasteiger partial charge in [0, 0.05) is 12.0 Å². The molecule has 0 spiro atoms. The van der Waals surface area contributed by atoms with E-state index in [1.54, 1.807) is 6.92 Å². The molecule has 21 heavy (non-hydrogen) atoms. The van der Waals surface area contributed by atoms with Crippen LogP contribution in [-0.4, -0.2) is 18.6 Å². The highest BCUT2D eigenvalue weighted by atomic mass is 19.1. The molecule has 0 saturated heterocycles. The largest absolute Gasteiger partial charge is 0.488 e. The Balaban J connectivity index is 1.80. The molecule has 1 aliphatic rings. The molecule has 0 saturated carbocycles. The summed E-state index contributed by atoms with van der Waals surface area (Å²) < 4.78 is 31.4. The van der Waals surface area contributed by atoms with E-state index < -0.39 is 11.6 Å². The van der Waals surface area contributed by atoms with Crippen molar-refractivity contribution < 1.29 is 18.3 Å². The molecular weight excluding hydrogens is 276 g/mol. The van der Waals surface area contributed by atoms with Crippen molar-refractivity contribution in [1.29, 1.82) is 0 Å². The summed E-state index contributed by atoms with van der Waals surface area (Å²) in [5.41, 5.74) is 0. The first-order valence-corrected chi connectivity index (χ1v) is 7.09. The van der Waals surface area contributed by atoms with Crippen LogP contribution >= 0.6 is 0 Å². The van der Waals surface area contributed by atoms with Crippen molar-refractivity contribution in [3.8, 4) is 5.75 Å². The van der Waals surface area contributed by atoms with Crippen LogP contribution in [-0.2, 0) is 4.79 Å². The Hall–Kier alpha value is -1.91. The Morgan fingerprint density at radius 2 is 2.24 bits per heavy atom. The minimum Gasteiger partial charge on any atom is -0.488 e. The van der Waals surface area contributed by atoms with Gasteiger partial charge >= 0.3 is 0 Å². The number of allylic oxidation sites excluding steroid dienone is 2. The van der Waals surface area contributed by atoms with Gasteiger partial charge in [-0.05, 0) is 38.3 Å². The number of hydrogen-bond acceptors (Lipinski definition) is 2. The Morgan fingerprint density at radius 3 is 2.90 bits per heavy atom. The van der Waals surface area contributed by atoms with Gasteiger partial charge in [-0.3, -0.25) is 4.79 Å².